The van der Waals surface area contributed by atoms with Gasteiger partial charge in [0.05, 0.1) is 0 Å². The molecule has 1 saturated carbocycles. The lowest BCUT2D eigenvalue weighted by Gasteiger charge is -2.41. The van der Waals surface area contributed by atoms with Gasteiger partial charge in [-0.05, 0) is 42.9 Å². The second kappa shape index (κ2) is 11.3. The van der Waals surface area contributed by atoms with E-state index in [1.165, 1.54) is 18.4 Å². The molecule has 0 unspecified atom stereocenters. The highest BCUT2D eigenvalue weighted by molar-refractivity contribution is 6.32. The maximum atomic E-state index is 12.9. The van der Waals surface area contributed by atoms with E-state index in [0.29, 0.717) is 23.8 Å². The van der Waals surface area contributed by atoms with Gasteiger partial charge in [0, 0.05) is 56.0 Å². The average Bonchev–Trinajstić information content (AvgIpc) is 3.36. The number of rotatable bonds is 8. The van der Waals surface area contributed by atoms with Crippen molar-refractivity contribution in [1.82, 2.24) is 9.80 Å². The van der Waals surface area contributed by atoms with Crippen molar-refractivity contribution in [3.63, 3.8) is 0 Å². The summed E-state index contributed by atoms with van der Waals surface area (Å²) in [6.07, 6.45) is 6.15. The zero-order valence-electron chi connectivity index (χ0n) is 19.6. The van der Waals surface area contributed by atoms with Crippen LogP contribution in [0.25, 0.3) is 0 Å². The van der Waals surface area contributed by atoms with E-state index in [9.17, 15) is 9.59 Å². The Morgan fingerprint density at radius 1 is 0.970 bits per heavy atom. The molecule has 1 aliphatic heterocycles. The van der Waals surface area contributed by atoms with Crippen LogP contribution in [0.4, 0.5) is 0 Å². The second-order valence-electron chi connectivity index (χ2n) is 9.69. The van der Waals surface area contributed by atoms with Gasteiger partial charge in [0.15, 0.2) is 0 Å². The maximum absolute atomic E-state index is 12.9. The van der Waals surface area contributed by atoms with Crippen LogP contribution in [0.5, 0.6) is 0 Å². The van der Waals surface area contributed by atoms with Crippen LogP contribution in [0.15, 0.2) is 48.5 Å². The number of ketones is 1. The Morgan fingerprint density at radius 2 is 1.70 bits per heavy atom. The Morgan fingerprint density at radius 3 is 2.42 bits per heavy atom. The Hall–Kier alpha value is -2.17. The predicted molar refractivity (Wildman–Crippen MR) is 133 cm³/mol. The van der Waals surface area contributed by atoms with Gasteiger partial charge in [-0.2, -0.15) is 0 Å². The van der Waals surface area contributed by atoms with Crippen molar-refractivity contribution in [3.8, 4) is 0 Å². The zero-order valence-corrected chi connectivity index (χ0v) is 20.4. The highest BCUT2D eigenvalue weighted by Gasteiger charge is 2.33. The molecule has 5 heteroatoms. The fraction of sp³-hybridized carbons (Fsp3) is 0.500. The Labute approximate surface area is 202 Å². The molecule has 4 nitrogen and oxygen atoms in total. The Kier molecular flexibility index (Phi) is 8.21. The normalized spacial score (nSPS) is 19.7. The summed E-state index contributed by atoms with van der Waals surface area (Å²) >= 11 is 6.75. The number of piperazine rings is 1. The molecule has 1 heterocycles. The number of hydrogen-bond acceptors (Lipinski definition) is 3. The number of benzene rings is 2. The largest absolute Gasteiger partial charge is 0.337 e. The van der Waals surface area contributed by atoms with Gasteiger partial charge in [-0.3, -0.25) is 14.5 Å². The van der Waals surface area contributed by atoms with Crippen molar-refractivity contribution in [2.24, 2.45) is 5.92 Å². The topological polar surface area (TPSA) is 40.6 Å². The summed E-state index contributed by atoms with van der Waals surface area (Å²) in [6.45, 7) is 5.41. The summed E-state index contributed by atoms with van der Waals surface area (Å²) in [5.74, 6) is 0.809. The molecular weight excluding hydrogens is 432 g/mol. The summed E-state index contributed by atoms with van der Waals surface area (Å²) in [7, 11) is 0. The van der Waals surface area contributed by atoms with E-state index in [1.54, 1.807) is 0 Å². The van der Waals surface area contributed by atoms with Crippen LogP contribution in [0.1, 0.15) is 55.7 Å². The summed E-state index contributed by atoms with van der Waals surface area (Å²) in [5.41, 5.74) is 3.16. The van der Waals surface area contributed by atoms with E-state index in [4.69, 9.17) is 11.6 Å². The number of amides is 1. The first kappa shape index (κ1) is 24.0. The fourth-order valence-corrected chi connectivity index (χ4v) is 5.53. The molecule has 0 bridgehead atoms. The third-order valence-corrected chi connectivity index (χ3v) is 7.66. The molecular formula is C28H35ClN2O2. The van der Waals surface area contributed by atoms with Gasteiger partial charge in [-0.15, -0.1) is 0 Å². The molecule has 0 N–H and O–H groups in total. The standard InChI is InChI=1S/C28H35ClN2O2/c1-21-19-30(16-17-31(21)28(33)23-10-5-6-11-23)20-25-13-7-12-24(27(25)29)18-26(32)15-14-22-8-3-2-4-9-22/h2-4,7-9,12-13,21,23H,5-6,10-11,14-20H2,1H3/t21-/m0/s1. The van der Waals surface area contributed by atoms with Crippen LogP contribution in [0, 0.1) is 5.92 Å². The van der Waals surface area contributed by atoms with Crippen LogP contribution >= 0.6 is 11.6 Å². The first-order chi connectivity index (χ1) is 16.0. The minimum atomic E-state index is 0.213. The number of Topliss-reactive ketones (excluding diaryl/α,β-unsaturated/α-hetero) is 1. The van der Waals surface area contributed by atoms with Crippen molar-refractivity contribution >= 4 is 23.3 Å². The molecule has 2 aromatic carbocycles. The van der Waals surface area contributed by atoms with Gasteiger partial charge in [0.2, 0.25) is 5.91 Å². The van der Waals surface area contributed by atoms with Crippen LogP contribution in [0.3, 0.4) is 0 Å². The van der Waals surface area contributed by atoms with Crippen molar-refractivity contribution < 1.29 is 9.59 Å². The van der Waals surface area contributed by atoms with Crippen LogP contribution in [-0.4, -0.2) is 47.2 Å². The lowest BCUT2D eigenvalue weighted by Crippen LogP contribution is -2.54. The van der Waals surface area contributed by atoms with Gasteiger partial charge in [-0.1, -0.05) is 73.0 Å². The Balaban J connectivity index is 1.31. The number of aryl methyl sites for hydroxylation is 1. The lowest BCUT2D eigenvalue weighted by atomic mass is 10.0. The monoisotopic (exact) mass is 466 g/mol. The number of halogens is 1. The Bertz CT molecular complexity index is 956. The molecule has 0 radical (unpaired) electrons. The number of carbonyl (C=O) groups excluding carboxylic acids is 2. The molecule has 1 atom stereocenters. The fourth-order valence-electron chi connectivity index (χ4n) is 5.27. The molecule has 33 heavy (non-hydrogen) atoms. The minimum absolute atomic E-state index is 0.213. The summed E-state index contributed by atoms with van der Waals surface area (Å²) < 4.78 is 0. The zero-order chi connectivity index (χ0) is 23.2. The third-order valence-electron chi connectivity index (χ3n) is 7.17. The van der Waals surface area contributed by atoms with Gasteiger partial charge < -0.3 is 4.90 Å². The third kappa shape index (κ3) is 6.24. The van der Waals surface area contributed by atoms with Crippen LogP contribution < -0.4 is 0 Å². The van der Waals surface area contributed by atoms with E-state index >= 15 is 0 Å². The maximum Gasteiger partial charge on any atom is 0.226 e. The quantitative estimate of drug-likeness (QED) is 0.529. The molecule has 2 aromatic rings. The second-order valence-corrected chi connectivity index (χ2v) is 10.1. The van der Waals surface area contributed by atoms with E-state index in [2.05, 4.69) is 34.9 Å². The van der Waals surface area contributed by atoms with Crippen LogP contribution in [0.2, 0.25) is 5.02 Å². The van der Waals surface area contributed by atoms with E-state index in [0.717, 1.165) is 56.6 Å². The molecule has 0 aromatic heterocycles. The van der Waals surface area contributed by atoms with Gasteiger partial charge >= 0.3 is 0 Å². The molecule has 1 amide bonds. The summed E-state index contributed by atoms with van der Waals surface area (Å²) in [6, 6.07) is 16.4. The van der Waals surface area contributed by atoms with E-state index in [-0.39, 0.29) is 17.7 Å². The smallest absolute Gasteiger partial charge is 0.226 e. The molecule has 4 rings (SSSR count). The van der Waals surface area contributed by atoms with E-state index in [1.807, 2.05) is 30.3 Å². The van der Waals surface area contributed by atoms with Crippen molar-refractivity contribution in [1.29, 1.82) is 0 Å². The molecule has 176 valence electrons. The number of nitrogens with zero attached hydrogens (tertiary/aromatic N) is 2. The first-order valence-corrected chi connectivity index (χ1v) is 12.7. The van der Waals surface area contributed by atoms with E-state index < -0.39 is 0 Å². The van der Waals surface area contributed by atoms with Crippen molar-refractivity contribution in [2.45, 2.75) is 64.5 Å². The summed E-state index contributed by atoms with van der Waals surface area (Å²) in [4.78, 5) is 29.9. The highest BCUT2D eigenvalue weighted by Crippen LogP contribution is 2.29. The molecule has 2 aliphatic rings. The van der Waals surface area contributed by atoms with Gasteiger partial charge in [0.1, 0.15) is 5.78 Å². The minimum Gasteiger partial charge on any atom is -0.337 e. The number of hydrogen-bond donors (Lipinski definition) is 0. The van der Waals surface area contributed by atoms with Gasteiger partial charge in [0.25, 0.3) is 0 Å². The predicted octanol–water partition coefficient (Wildman–Crippen LogP) is 5.31. The highest BCUT2D eigenvalue weighted by atomic mass is 35.5. The molecule has 1 saturated heterocycles. The first-order valence-electron chi connectivity index (χ1n) is 12.4. The van der Waals surface area contributed by atoms with Crippen molar-refractivity contribution in [2.75, 3.05) is 19.6 Å². The molecule has 0 spiro atoms. The molecule has 2 fully saturated rings. The average molecular weight is 467 g/mol. The molecule has 1 aliphatic carbocycles. The van der Waals surface area contributed by atoms with Crippen LogP contribution in [-0.2, 0) is 29.0 Å². The van der Waals surface area contributed by atoms with Crippen molar-refractivity contribution in [3.05, 3.63) is 70.2 Å². The summed E-state index contributed by atoms with van der Waals surface area (Å²) in [5, 5.41) is 0.711. The SMILES string of the molecule is C[C@H]1CN(Cc2cccc(CC(=O)CCc3ccccc3)c2Cl)CCN1C(=O)C1CCCC1. The lowest BCUT2D eigenvalue weighted by molar-refractivity contribution is -0.140. The number of carbonyl (C=O) groups is 2. The van der Waals surface area contributed by atoms with Gasteiger partial charge in [-0.25, -0.2) is 0 Å².